The second-order valence-electron chi connectivity index (χ2n) is 17.6. The van der Waals surface area contributed by atoms with Gasteiger partial charge in [-0.1, -0.05) is 185 Å². The van der Waals surface area contributed by atoms with Crippen LogP contribution in [0.1, 0.15) is 99.9 Å². The SMILES string of the molecule is CC(C)[C@@H]1N=C(c2ccccc2C(O)(c2ccccc2)c2ccccc2)OC1(C)C.CC(C)[C@@H]1N=C(c2ccccc2C(O)(c2ccccc2)c2ccccc2)OC1(C)C. The first kappa shape index (κ1) is 42.3. The number of hydrogen-bond acceptors (Lipinski definition) is 6. The average molecular weight is 799 g/mol. The Kier molecular flexibility index (Phi) is 12.0. The largest absolute Gasteiger partial charge is 0.469 e. The topological polar surface area (TPSA) is 83.6 Å². The maximum Gasteiger partial charge on any atom is 0.217 e. The van der Waals surface area contributed by atoms with Gasteiger partial charge in [0.2, 0.25) is 11.8 Å². The van der Waals surface area contributed by atoms with Crippen LogP contribution in [0.3, 0.4) is 0 Å². The molecule has 0 radical (unpaired) electrons. The first-order chi connectivity index (χ1) is 28.7. The summed E-state index contributed by atoms with van der Waals surface area (Å²) in [6, 6.07) is 55.0. The zero-order chi connectivity index (χ0) is 42.7. The zero-order valence-electron chi connectivity index (χ0n) is 36.1. The van der Waals surface area contributed by atoms with Gasteiger partial charge in [-0.3, -0.25) is 0 Å². The van der Waals surface area contributed by atoms with Gasteiger partial charge in [0.05, 0.1) is 12.1 Å². The van der Waals surface area contributed by atoms with E-state index in [9.17, 15) is 10.2 Å². The van der Waals surface area contributed by atoms with Crippen molar-refractivity contribution in [2.75, 3.05) is 0 Å². The van der Waals surface area contributed by atoms with Crippen LogP contribution in [0.2, 0.25) is 0 Å². The highest BCUT2D eigenvalue weighted by Gasteiger charge is 2.45. The van der Waals surface area contributed by atoms with Gasteiger partial charge in [0.1, 0.15) is 22.4 Å². The zero-order valence-corrected chi connectivity index (χ0v) is 36.1. The summed E-state index contributed by atoms with van der Waals surface area (Å²) in [7, 11) is 0. The van der Waals surface area contributed by atoms with Crippen molar-refractivity contribution in [3.05, 3.63) is 214 Å². The van der Waals surface area contributed by atoms with Gasteiger partial charge in [0, 0.05) is 22.3 Å². The van der Waals surface area contributed by atoms with E-state index in [-0.39, 0.29) is 12.1 Å². The Bertz CT molecular complexity index is 2170. The smallest absolute Gasteiger partial charge is 0.217 e. The van der Waals surface area contributed by atoms with Crippen molar-refractivity contribution in [1.29, 1.82) is 0 Å². The average Bonchev–Trinajstić information content (AvgIpc) is 3.79. The molecule has 0 unspecified atom stereocenters. The van der Waals surface area contributed by atoms with Crippen molar-refractivity contribution in [1.82, 2.24) is 0 Å². The molecule has 308 valence electrons. The molecule has 2 N–H and O–H groups in total. The van der Waals surface area contributed by atoms with Crippen LogP contribution < -0.4 is 0 Å². The molecule has 0 fully saturated rings. The van der Waals surface area contributed by atoms with Crippen molar-refractivity contribution < 1.29 is 19.7 Å². The molecule has 0 saturated carbocycles. The van der Waals surface area contributed by atoms with Crippen LogP contribution in [-0.4, -0.2) is 45.3 Å². The lowest BCUT2D eigenvalue weighted by molar-refractivity contribution is 0.0801. The van der Waals surface area contributed by atoms with E-state index < -0.39 is 22.4 Å². The lowest BCUT2D eigenvalue weighted by Gasteiger charge is -2.32. The predicted molar refractivity (Wildman–Crippen MR) is 244 cm³/mol. The molecular weight excluding hydrogens is 741 g/mol. The fourth-order valence-corrected chi connectivity index (χ4v) is 9.03. The molecule has 6 aromatic rings. The van der Waals surface area contributed by atoms with Gasteiger partial charge >= 0.3 is 0 Å². The third kappa shape index (κ3) is 8.07. The van der Waals surface area contributed by atoms with E-state index in [1.54, 1.807) is 0 Å². The highest BCUT2D eigenvalue weighted by atomic mass is 16.5. The molecule has 6 heteroatoms. The monoisotopic (exact) mass is 798 g/mol. The summed E-state index contributed by atoms with van der Waals surface area (Å²) in [5.41, 5.74) is 2.96. The van der Waals surface area contributed by atoms with Crippen LogP contribution in [-0.2, 0) is 20.7 Å². The van der Waals surface area contributed by atoms with Crippen LogP contribution in [0, 0.1) is 11.8 Å². The van der Waals surface area contributed by atoms with Gasteiger partial charge in [-0.2, -0.15) is 0 Å². The highest BCUT2D eigenvalue weighted by Crippen LogP contribution is 2.43. The molecule has 2 heterocycles. The van der Waals surface area contributed by atoms with E-state index in [0.29, 0.717) is 23.6 Å². The van der Waals surface area contributed by atoms with E-state index in [2.05, 4.69) is 55.4 Å². The van der Waals surface area contributed by atoms with Crippen molar-refractivity contribution >= 4 is 11.8 Å². The summed E-state index contributed by atoms with van der Waals surface area (Å²) in [6.07, 6.45) is 0. The molecule has 0 aromatic heterocycles. The number of aliphatic hydroxyl groups is 2. The van der Waals surface area contributed by atoms with Gasteiger partial charge in [0.15, 0.2) is 0 Å². The van der Waals surface area contributed by atoms with Crippen molar-refractivity contribution in [3.63, 3.8) is 0 Å². The Labute approximate surface area is 356 Å². The normalized spacial score (nSPS) is 18.2. The fourth-order valence-electron chi connectivity index (χ4n) is 9.03. The first-order valence-corrected chi connectivity index (χ1v) is 21.1. The summed E-state index contributed by atoms with van der Waals surface area (Å²) in [5.74, 6) is 1.90. The molecule has 60 heavy (non-hydrogen) atoms. The fraction of sp³-hybridized carbons (Fsp3) is 0.296. The van der Waals surface area contributed by atoms with Crippen LogP contribution in [0.4, 0.5) is 0 Å². The number of nitrogens with zero attached hydrogens (tertiary/aromatic N) is 2. The predicted octanol–water partition coefficient (Wildman–Crippen LogP) is 11.1. The summed E-state index contributed by atoms with van der Waals surface area (Å²) < 4.78 is 12.7. The Balaban J connectivity index is 0.000000181. The molecule has 2 aliphatic rings. The molecule has 6 nitrogen and oxygen atoms in total. The summed E-state index contributed by atoms with van der Waals surface area (Å²) in [6.45, 7) is 17.0. The maximum absolute atomic E-state index is 12.3. The van der Waals surface area contributed by atoms with Crippen molar-refractivity contribution in [2.45, 2.75) is 89.9 Å². The van der Waals surface area contributed by atoms with Crippen molar-refractivity contribution in [3.8, 4) is 0 Å². The van der Waals surface area contributed by atoms with Crippen LogP contribution >= 0.6 is 0 Å². The summed E-state index contributed by atoms with van der Waals surface area (Å²) >= 11 is 0. The third-order valence-corrected chi connectivity index (χ3v) is 11.8. The lowest BCUT2D eigenvalue weighted by Crippen LogP contribution is -2.37. The van der Waals surface area contributed by atoms with Gasteiger partial charge in [-0.15, -0.1) is 0 Å². The van der Waals surface area contributed by atoms with Crippen LogP contribution in [0.15, 0.2) is 180 Å². The van der Waals surface area contributed by atoms with Gasteiger partial charge in [-0.25, -0.2) is 9.98 Å². The first-order valence-electron chi connectivity index (χ1n) is 21.1. The Morgan fingerprint density at radius 2 is 0.667 bits per heavy atom. The molecule has 8 rings (SSSR count). The highest BCUT2D eigenvalue weighted by molar-refractivity contribution is 5.98. The standard InChI is InChI=1S/2C27H29NO2/c2*1-19(2)24-26(3,4)30-25(28-24)22-17-11-12-18-23(22)27(29,20-13-7-5-8-14-20)21-15-9-6-10-16-21/h2*5-19,24,29H,1-4H3/t2*24-/m00/s1. The van der Waals surface area contributed by atoms with Gasteiger partial charge in [-0.05, 0) is 73.9 Å². The van der Waals surface area contributed by atoms with Crippen LogP contribution in [0.25, 0.3) is 0 Å². The Morgan fingerprint density at radius 1 is 0.417 bits per heavy atom. The Morgan fingerprint density at radius 3 is 0.917 bits per heavy atom. The number of hydrogen-bond donors (Lipinski definition) is 2. The van der Waals surface area contributed by atoms with E-state index in [1.807, 2.05) is 170 Å². The molecule has 0 aliphatic carbocycles. The maximum atomic E-state index is 12.3. The summed E-state index contributed by atoms with van der Waals surface area (Å²) in [4.78, 5) is 9.91. The number of aliphatic imine (C=N–C) groups is 2. The van der Waals surface area contributed by atoms with Gasteiger partial charge in [0.25, 0.3) is 0 Å². The van der Waals surface area contributed by atoms with Crippen LogP contribution in [0.5, 0.6) is 0 Å². The molecule has 2 aliphatic heterocycles. The molecule has 6 aromatic carbocycles. The van der Waals surface area contributed by atoms with Gasteiger partial charge < -0.3 is 19.7 Å². The Hall–Kier alpha value is -5.82. The van der Waals surface area contributed by atoms with E-state index in [1.165, 1.54) is 0 Å². The molecule has 2 atom stereocenters. The lowest BCUT2D eigenvalue weighted by atomic mass is 9.78. The van der Waals surface area contributed by atoms with E-state index in [4.69, 9.17) is 19.5 Å². The molecule has 0 saturated heterocycles. The third-order valence-electron chi connectivity index (χ3n) is 11.8. The minimum atomic E-state index is -1.33. The second-order valence-corrected chi connectivity index (χ2v) is 17.6. The second kappa shape index (κ2) is 17.0. The van der Waals surface area contributed by atoms with E-state index in [0.717, 1.165) is 44.5 Å². The number of ether oxygens (including phenoxy) is 2. The number of benzene rings is 6. The minimum absolute atomic E-state index is 0.0575. The molecule has 0 amide bonds. The quantitative estimate of drug-likeness (QED) is 0.135. The van der Waals surface area contributed by atoms with E-state index >= 15 is 0 Å². The molecule has 0 bridgehead atoms. The van der Waals surface area contributed by atoms with Crippen molar-refractivity contribution in [2.24, 2.45) is 21.8 Å². The summed E-state index contributed by atoms with van der Waals surface area (Å²) in [5, 5.41) is 24.5. The molecule has 0 spiro atoms. The molecular formula is C54H58N2O4. The number of rotatable bonds is 10. The minimum Gasteiger partial charge on any atom is -0.469 e.